The van der Waals surface area contributed by atoms with Gasteiger partial charge in [0.05, 0.1) is 5.54 Å². The minimum atomic E-state index is -0.348. The third-order valence-corrected chi connectivity index (χ3v) is 3.23. The minimum absolute atomic E-state index is 0.310. The number of rotatable bonds is 4. The van der Waals surface area contributed by atoms with Crippen molar-refractivity contribution in [3.8, 4) is 0 Å². The lowest BCUT2D eigenvalue weighted by Crippen LogP contribution is -2.21. The van der Waals surface area contributed by atoms with E-state index in [1.807, 2.05) is 43.3 Å². The number of hydrogen-bond acceptors (Lipinski definition) is 1. The third-order valence-electron chi connectivity index (χ3n) is 2.96. The van der Waals surface area contributed by atoms with Gasteiger partial charge in [0.15, 0.2) is 11.1 Å². The van der Waals surface area contributed by atoms with Crippen molar-refractivity contribution in [2.45, 2.75) is 25.8 Å². The van der Waals surface area contributed by atoms with Crippen LogP contribution in [0, 0.1) is 0 Å². The van der Waals surface area contributed by atoms with Crippen molar-refractivity contribution in [3.63, 3.8) is 0 Å². The van der Waals surface area contributed by atoms with Crippen LogP contribution in [0.2, 0.25) is 0 Å². The largest absolute Gasteiger partial charge is 0.363 e. The lowest BCUT2D eigenvalue weighted by Gasteiger charge is -2.19. The fraction of sp³-hybridized carbons (Fsp3) is 0.333. The molecule has 0 aromatic heterocycles. The molecule has 102 valence electrons. The van der Waals surface area contributed by atoms with Crippen molar-refractivity contribution in [3.05, 3.63) is 48.6 Å². The number of nitrogens with one attached hydrogen (secondary N) is 1. The van der Waals surface area contributed by atoms with E-state index in [9.17, 15) is 0 Å². The van der Waals surface area contributed by atoms with E-state index >= 15 is 0 Å². The molecule has 4 heteroatoms. The van der Waals surface area contributed by atoms with E-state index < -0.39 is 0 Å². The van der Waals surface area contributed by atoms with Gasteiger partial charge in [0.25, 0.3) is 0 Å². The monoisotopic (exact) mass is 277 g/mol. The van der Waals surface area contributed by atoms with Crippen LogP contribution >= 0.6 is 11.6 Å². The van der Waals surface area contributed by atoms with Crippen LogP contribution in [0.3, 0.4) is 0 Å². The normalized spacial score (nSPS) is 15.8. The predicted octanol–water partition coefficient (Wildman–Crippen LogP) is 3.60. The Morgan fingerprint density at radius 1 is 1.42 bits per heavy atom. The van der Waals surface area contributed by atoms with E-state index in [1.165, 1.54) is 0 Å². The molecular weight excluding hydrogens is 258 g/mol. The molecule has 0 aliphatic rings. The molecule has 0 fully saturated rings. The summed E-state index contributed by atoms with van der Waals surface area (Å²) in [5.41, 5.74) is 0.581. The lowest BCUT2D eigenvalue weighted by atomic mass is 10.00. The quantitative estimate of drug-likeness (QED) is 0.388. The zero-order valence-corrected chi connectivity index (χ0v) is 12.4. The van der Waals surface area contributed by atoms with Crippen LogP contribution in [-0.2, 0) is 0 Å². The standard InChI is InChI=1S/C15H20ClN3/c1-5-15(3,6-2)19-13(18-14(16)17-4)12-10-8-7-9-11-12/h5,7-11H,1,6H2,2-4H3,(H,17,18,19). The fourth-order valence-corrected chi connectivity index (χ4v) is 1.48. The van der Waals surface area contributed by atoms with E-state index in [4.69, 9.17) is 11.6 Å². The molecule has 1 aromatic rings. The van der Waals surface area contributed by atoms with Gasteiger partial charge in [-0.25, -0.2) is 4.99 Å². The first-order valence-corrected chi connectivity index (χ1v) is 6.63. The van der Waals surface area contributed by atoms with Crippen LogP contribution in [0.25, 0.3) is 0 Å². The molecule has 0 aliphatic carbocycles. The second-order valence-electron chi connectivity index (χ2n) is 4.37. The van der Waals surface area contributed by atoms with Crippen molar-refractivity contribution >= 4 is 22.7 Å². The summed E-state index contributed by atoms with van der Waals surface area (Å²) in [6.07, 6.45) is 2.68. The number of aliphatic imine (C=N–C) groups is 2. The smallest absolute Gasteiger partial charge is 0.197 e. The molecule has 19 heavy (non-hydrogen) atoms. The van der Waals surface area contributed by atoms with E-state index in [-0.39, 0.29) is 5.54 Å². The Morgan fingerprint density at radius 3 is 2.53 bits per heavy atom. The van der Waals surface area contributed by atoms with Gasteiger partial charge in [-0.15, -0.1) is 6.58 Å². The third kappa shape index (κ3) is 4.52. The first-order chi connectivity index (χ1) is 9.04. The summed E-state index contributed by atoms with van der Waals surface area (Å²) in [5.74, 6) is 0.601. The number of nitrogens with zero attached hydrogens (tertiary/aromatic N) is 2. The molecule has 3 nitrogen and oxygen atoms in total. The van der Waals surface area contributed by atoms with Crippen molar-refractivity contribution < 1.29 is 0 Å². The average Bonchev–Trinajstić information content (AvgIpc) is 2.47. The second-order valence-corrected chi connectivity index (χ2v) is 4.73. The van der Waals surface area contributed by atoms with Gasteiger partial charge >= 0.3 is 0 Å². The summed E-state index contributed by atoms with van der Waals surface area (Å²) in [6, 6.07) is 9.77. The predicted molar refractivity (Wildman–Crippen MR) is 84.2 cm³/mol. The summed E-state index contributed by atoms with van der Waals surface area (Å²) >= 11 is 5.96. The van der Waals surface area contributed by atoms with Gasteiger partial charge in [0.2, 0.25) is 0 Å². The average molecular weight is 278 g/mol. The zero-order chi connectivity index (χ0) is 14.3. The van der Waals surface area contributed by atoms with Gasteiger partial charge in [-0.05, 0) is 24.9 Å². The molecule has 1 atom stereocenters. The number of halogens is 1. The molecule has 0 aliphatic heterocycles. The highest BCUT2D eigenvalue weighted by Gasteiger charge is 2.17. The Balaban J connectivity index is 3.28. The highest BCUT2D eigenvalue weighted by atomic mass is 35.5. The molecule has 1 unspecified atom stereocenters. The maximum Gasteiger partial charge on any atom is 0.197 e. The Labute approximate surface area is 120 Å². The molecule has 0 spiro atoms. The molecular formula is C15H20ClN3. The molecule has 1 aromatic carbocycles. The zero-order valence-electron chi connectivity index (χ0n) is 11.7. The number of hydrogen-bond donors (Lipinski definition) is 1. The molecule has 0 saturated carbocycles. The van der Waals surface area contributed by atoms with E-state index in [0.717, 1.165) is 12.0 Å². The molecule has 0 saturated heterocycles. The van der Waals surface area contributed by atoms with E-state index in [1.54, 1.807) is 7.05 Å². The van der Waals surface area contributed by atoms with Crippen LogP contribution in [0.5, 0.6) is 0 Å². The highest BCUT2D eigenvalue weighted by Crippen LogP contribution is 2.18. The molecule has 0 heterocycles. The van der Waals surface area contributed by atoms with E-state index in [2.05, 4.69) is 28.8 Å². The van der Waals surface area contributed by atoms with Crippen LogP contribution in [0.15, 0.2) is 53.0 Å². The lowest BCUT2D eigenvalue weighted by molar-refractivity contribution is 0.568. The molecule has 1 rings (SSSR count). The van der Waals surface area contributed by atoms with Crippen molar-refractivity contribution in [1.82, 2.24) is 5.32 Å². The summed E-state index contributed by atoms with van der Waals surface area (Å²) < 4.78 is 0. The fourth-order valence-electron chi connectivity index (χ4n) is 1.40. The van der Waals surface area contributed by atoms with Gasteiger partial charge < -0.3 is 5.32 Å². The van der Waals surface area contributed by atoms with Gasteiger partial charge in [-0.2, -0.15) is 0 Å². The SMILES string of the molecule is C=CC(C)(CC)/N=C(\N=C(\Cl)NC)c1ccccc1. The summed E-state index contributed by atoms with van der Waals surface area (Å²) in [5, 5.41) is 3.11. The van der Waals surface area contributed by atoms with Crippen LogP contribution in [-0.4, -0.2) is 23.7 Å². The molecule has 1 N–H and O–H groups in total. The summed E-state index contributed by atoms with van der Waals surface area (Å²) in [6.45, 7) is 7.93. The van der Waals surface area contributed by atoms with Crippen molar-refractivity contribution in [1.29, 1.82) is 0 Å². The molecule has 0 bridgehead atoms. The van der Waals surface area contributed by atoms with Gasteiger partial charge in [0, 0.05) is 12.6 Å². The first kappa shape index (κ1) is 15.4. The first-order valence-electron chi connectivity index (χ1n) is 6.25. The van der Waals surface area contributed by atoms with Gasteiger partial charge in [-0.3, -0.25) is 4.99 Å². The number of amidine groups is 2. The minimum Gasteiger partial charge on any atom is -0.363 e. The Kier molecular flexibility index (Phi) is 5.77. The highest BCUT2D eigenvalue weighted by molar-refractivity contribution is 6.65. The van der Waals surface area contributed by atoms with Crippen molar-refractivity contribution in [2.24, 2.45) is 9.98 Å². The summed E-state index contributed by atoms with van der Waals surface area (Å²) in [7, 11) is 1.72. The van der Waals surface area contributed by atoms with Crippen LogP contribution in [0.4, 0.5) is 0 Å². The second kappa shape index (κ2) is 7.10. The van der Waals surface area contributed by atoms with Crippen LogP contribution in [0.1, 0.15) is 25.8 Å². The van der Waals surface area contributed by atoms with Crippen LogP contribution < -0.4 is 5.32 Å². The maximum atomic E-state index is 5.96. The Morgan fingerprint density at radius 2 is 2.05 bits per heavy atom. The Bertz CT molecular complexity index is 479. The maximum absolute atomic E-state index is 5.96. The molecule has 0 amide bonds. The Hall–Kier alpha value is -1.61. The molecule has 0 radical (unpaired) electrons. The van der Waals surface area contributed by atoms with Crippen molar-refractivity contribution in [2.75, 3.05) is 7.05 Å². The van der Waals surface area contributed by atoms with Gasteiger partial charge in [-0.1, -0.05) is 43.3 Å². The summed E-state index contributed by atoms with van der Waals surface area (Å²) in [4.78, 5) is 9.01. The topological polar surface area (TPSA) is 36.8 Å². The number of benzene rings is 1. The van der Waals surface area contributed by atoms with E-state index in [0.29, 0.717) is 11.1 Å². The van der Waals surface area contributed by atoms with Gasteiger partial charge in [0.1, 0.15) is 0 Å².